The van der Waals surface area contributed by atoms with E-state index in [1.807, 2.05) is 73.3 Å². The van der Waals surface area contributed by atoms with Gasteiger partial charge in [0, 0.05) is 37.7 Å². The van der Waals surface area contributed by atoms with Crippen molar-refractivity contribution in [3.8, 4) is 5.75 Å². The first kappa shape index (κ1) is 34.2. The Morgan fingerprint density at radius 2 is 1.70 bits per heavy atom. The number of aryl methyl sites for hydroxylation is 1. The van der Waals surface area contributed by atoms with Crippen molar-refractivity contribution in [2.75, 3.05) is 24.5 Å². The van der Waals surface area contributed by atoms with Gasteiger partial charge in [-0.1, -0.05) is 0 Å². The van der Waals surface area contributed by atoms with Crippen LogP contribution >= 0.6 is 0 Å². The lowest BCUT2D eigenvalue weighted by molar-refractivity contribution is -0.155. The summed E-state index contributed by atoms with van der Waals surface area (Å²) in [5.41, 5.74) is -0.593. The second-order valence-electron chi connectivity index (χ2n) is 14.4. The minimum absolute atomic E-state index is 0.131. The lowest BCUT2D eigenvalue weighted by Crippen LogP contribution is -2.55. The lowest BCUT2D eigenvalue weighted by Gasteiger charge is -2.42. The molecule has 0 spiro atoms. The molecule has 1 atom stereocenters. The molecule has 0 radical (unpaired) electrons. The molecule has 1 fully saturated rings. The molecule has 10 heteroatoms. The van der Waals surface area contributed by atoms with E-state index in [0.717, 1.165) is 18.4 Å². The van der Waals surface area contributed by atoms with Gasteiger partial charge in [-0.05, 0) is 113 Å². The van der Waals surface area contributed by atoms with Crippen molar-refractivity contribution in [3.63, 3.8) is 0 Å². The number of anilines is 1. The molecule has 2 aliphatic heterocycles. The van der Waals surface area contributed by atoms with Crippen LogP contribution in [0.4, 0.5) is 10.5 Å². The molecule has 0 aliphatic carbocycles. The highest BCUT2D eigenvalue weighted by atomic mass is 16.6. The lowest BCUT2D eigenvalue weighted by atomic mass is 9.97. The van der Waals surface area contributed by atoms with Crippen molar-refractivity contribution < 1.29 is 33.4 Å². The maximum atomic E-state index is 14.2. The summed E-state index contributed by atoms with van der Waals surface area (Å²) in [5, 5.41) is 0. The average molecular weight is 602 g/mol. The van der Waals surface area contributed by atoms with Crippen LogP contribution < -0.4 is 9.64 Å². The van der Waals surface area contributed by atoms with Crippen molar-refractivity contribution >= 4 is 29.6 Å². The maximum absolute atomic E-state index is 14.2. The van der Waals surface area contributed by atoms with E-state index in [0.29, 0.717) is 36.5 Å². The van der Waals surface area contributed by atoms with Crippen LogP contribution in [0.1, 0.15) is 111 Å². The van der Waals surface area contributed by atoms with Crippen LogP contribution in [0.15, 0.2) is 12.1 Å². The third-order valence-electron chi connectivity index (χ3n) is 7.37. The Morgan fingerprint density at radius 1 is 1.07 bits per heavy atom. The average Bonchev–Trinajstić information content (AvgIpc) is 2.84. The number of piperidine rings is 1. The summed E-state index contributed by atoms with van der Waals surface area (Å²) < 4.78 is 17.1. The van der Waals surface area contributed by atoms with Crippen LogP contribution in [0.3, 0.4) is 0 Å². The molecule has 0 aromatic heterocycles. The molecule has 3 amide bonds. The number of nitrogens with zero attached hydrogens (tertiary/aromatic N) is 3. The zero-order valence-corrected chi connectivity index (χ0v) is 28.0. The van der Waals surface area contributed by atoms with E-state index in [2.05, 4.69) is 0 Å². The first-order chi connectivity index (χ1) is 19.7. The highest BCUT2D eigenvalue weighted by Gasteiger charge is 2.42. The van der Waals surface area contributed by atoms with Gasteiger partial charge < -0.3 is 28.9 Å². The van der Waals surface area contributed by atoms with E-state index in [4.69, 9.17) is 14.2 Å². The van der Waals surface area contributed by atoms with E-state index < -0.39 is 16.8 Å². The number of carbonyl (C=O) groups is 4. The topological polar surface area (TPSA) is 106 Å². The predicted molar refractivity (Wildman–Crippen MR) is 165 cm³/mol. The fraction of sp³-hybridized carbons (Fsp3) is 0.697. The number of benzene rings is 1. The van der Waals surface area contributed by atoms with Gasteiger partial charge in [0.05, 0.1) is 11.7 Å². The van der Waals surface area contributed by atoms with Crippen LogP contribution in [0.2, 0.25) is 0 Å². The summed E-state index contributed by atoms with van der Waals surface area (Å²) in [6.45, 7) is 21.4. The Balaban J connectivity index is 1.89. The van der Waals surface area contributed by atoms with Crippen molar-refractivity contribution in [2.45, 2.75) is 131 Å². The number of hydrogen-bond donors (Lipinski definition) is 0. The smallest absolute Gasteiger partial charge is 0.410 e. The van der Waals surface area contributed by atoms with Crippen molar-refractivity contribution in [3.05, 3.63) is 23.3 Å². The molecule has 3 rings (SSSR count). The molecule has 43 heavy (non-hydrogen) atoms. The summed E-state index contributed by atoms with van der Waals surface area (Å²) >= 11 is 0. The number of amides is 3. The van der Waals surface area contributed by atoms with Crippen LogP contribution in [0.5, 0.6) is 5.75 Å². The summed E-state index contributed by atoms with van der Waals surface area (Å²) in [7, 11) is 0. The summed E-state index contributed by atoms with van der Waals surface area (Å²) in [6.07, 6.45) is 1.70. The standard InChI is InChI=1S/C33H51N3O7/c1-21(2)36(23-14-12-16-34(20-23)30(40)43-32(7,8)9)28(38)24-19-25-26(18-22(24)3)41-33(10,11)29(39)35(25)17-13-15-27(37)42-31(4,5)6/h18-19,21,23H,12-17,20H2,1-11H3/t23-/m1/s1. The second kappa shape index (κ2) is 12.7. The summed E-state index contributed by atoms with van der Waals surface area (Å²) in [6, 6.07) is 3.22. The molecule has 1 saturated heterocycles. The van der Waals surface area contributed by atoms with E-state index in [1.165, 1.54) is 0 Å². The monoisotopic (exact) mass is 601 g/mol. The van der Waals surface area contributed by atoms with Gasteiger partial charge in [-0.3, -0.25) is 14.4 Å². The summed E-state index contributed by atoms with van der Waals surface area (Å²) in [4.78, 5) is 58.1. The SMILES string of the molecule is Cc1cc2c(cc1C(=O)N(C(C)C)[C@@H]1CCCN(C(=O)OC(C)(C)C)C1)N(CCCC(=O)OC(C)(C)C)C(=O)C(C)(C)O2. The first-order valence-electron chi connectivity index (χ1n) is 15.4. The minimum Gasteiger partial charge on any atom is -0.476 e. The Hall–Kier alpha value is -3.30. The number of esters is 1. The van der Waals surface area contributed by atoms with Gasteiger partial charge in [0.15, 0.2) is 5.60 Å². The van der Waals surface area contributed by atoms with Crippen molar-refractivity contribution in [1.82, 2.24) is 9.80 Å². The fourth-order valence-corrected chi connectivity index (χ4v) is 5.58. The molecule has 0 bridgehead atoms. The van der Waals surface area contributed by atoms with Crippen LogP contribution in [-0.4, -0.2) is 82.2 Å². The summed E-state index contributed by atoms with van der Waals surface area (Å²) in [5.74, 6) is -0.224. The zero-order chi connectivity index (χ0) is 32.5. The highest BCUT2D eigenvalue weighted by Crippen LogP contribution is 2.40. The molecule has 0 N–H and O–H groups in total. The Kier molecular flexibility index (Phi) is 10.1. The Labute approximate surface area is 257 Å². The molecule has 2 aliphatic rings. The molecular weight excluding hydrogens is 550 g/mol. The maximum Gasteiger partial charge on any atom is 0.410 e. The minimum atomic E-state index is -1.10. The van der Waals surface area contributed by atoms with E-state index >= 15 is 0 Å². The van der Waals surface area contributed by atoms with Gasteiger partial charge in [-0.2, -0.15) is 0 Å². The number of likely N-dealkylation sites (tertiary alicyclic amines) is 1. The molecule has 2 heterocycles. The quantitative estimate of drug-likeness (QED) is 0.360. The molecule has 0 saturated carbocycles. The third kappa shape index (κ3) is 8.63. The largest absolute Gasteiger partial charge is 0.476 e. The molecule has 1 aromatic rings. The molecule has 10 nitrogen and oxygen atoms in total. The highest BCUT2D eigenvalue weighted by molar-refractivity contribution is 6.05. The Morgan fingerprint density at radius 3 is 2.28 bits per heavy atom. The molecular formula is C33H51N3O7. The van der Waals surface area contributed by atoms with Gasteiger partial charge >= 0.3 is 12.1 Å². The second-order valence-corrected chi connectivity index (χ2v) is 14.4. The number of hydrogen-bond acceptors (Lipinski definition) is 7. The fourth-order valence-electron chi connectivity index (χ4n) is 5.58. The first-order valence-corrected chi connectivity index (χ1v) is 15.4. The van der Waals surface area contributed by atoms with Crippen LogP contribution in [0.25, 0.3) is 0 Å². The molecule has 1 aromatic carbocycles. The molecule has 0 unspecified atom stereocenters. The van der Waals surface area contributed by atoms with E-state index in [1.54, 1.807) is 29.7 Å². The third-order valence-corrected chi connectivity index (χ3v) is 7.37. The van der Waals surface area contributed by atoms with Crippen LogP contribution in [0, 0.1) is 6.92 Å². The van der Waals surface area contributed by atoms with Crippen molar-refractivity contribution in [1.29, 1.82) is 0 Å². The normalized spacial score (nSPS) is 18.6. The predicted octanol–water partition coefficient (Wildman–Crippen LogP) is 5.87. The van der Waals surface area contributed by atoms with Gasteiger partial charge in [0.25, 0.3) is 11.8 Å². The van der Waals surface area contributed by atoms with Crippen molar-refractivity contribution in [2.24, 2.45) is 0 Å². The van der Waals surface area contributed by atoms with Gasteiger partial charge in [-0.15, -0.1) is 0 Å². The van der Waals surface area contributed by atoms with E-state index in [-0.39, 0.29) is 48.9 Å². The Bertz CT molecular complexity index is 1230. The number of rotatable bonds is 7. The zero-order valence-electron chi connectivity index (χ0n) is 28.0. The van der Waals surface area contributed by atoms with E-state index in [9.17, 15) is 19.2 Å². The molecule has 240 valence electrons. The van der Waals surface area contributed by atoms with Gasteiger partial charge in [0.2, 0.25) is 0 Å². The number of fused-ring (bicyclic) bond motifs is 1. The van der Waals surface area contributed by atoms with Gasteiger partial charge in [-0.25, -0.2) is 4.79 Å². The number of carbonyl (C=O) groups excluding carboxylic acids is 4. The van der Waals surface area contributed by atoms with Crippen LogP contribution in [-0.2, 0) is 19.1 Å². The number of ether oxygens (including phenoxy) is 3. The van der Waals surface area contributed by atoms with Gasteiger partial charge in [0.1, 0.15) is 17.0 Å².